The van der Waals surface area contributed by atoms with Crippen molar-refractivity contribution in [2.24, 2.45) is 0 Å². The standard InChI is InChI=1S/C48H52Cl2N4O12/c1-7-65-47(59)41-35(53-27(3)37(45(57)61-5)39(41)31-17-11-13-19-33(31)49)25-63-23-21-51-43(55)29-15-9-10-16-30(29)44(56)52-22-24-64-26-36-42(48(60)66-8-2)40(32-18-12-14-20-34(32)50)38(28(4)54-36)46(58)62-6/h9-20,39-40,53-54H,7-8,21-26H2,1-6H3,(H,51,55)(H,52,56)/i21D2,22D2,23D2,24D2. The fourth-order valence-electron chi connectivity index (χ4n) is 7.19. The van der Waals surface area contributed by atoms with E-state index < -0.39 is 98.0 Å². The number of hydrogen-bond acceptors (Lipinski definition) is 14. The van der Waals surface area contributed by atoms with Gasteiger partial charge in [0.25, 0.3) is 11.8 Å². The van der Waals surface area contributed by atoms with Crippen LogP contribution in [0.1, 0.15) is 82.3 Å². The predicted molar refractivity (Wildman–Crippen MR) is 244 cm³/mol. The lowest BCUT2D eigenvalue weighted by Gasteiger charge is -2.31. The topological polar surface area (TPSA) is 206 Å². The number of nitrogens with one attached hydrogen (secondary N) is 4. The van der Waals surface area contributed by atoms with E-state index in [1.54, 1.807) is 36.4 Å². The van der Waals surface area contributed by atoms with Crippen LogP contribution >= 0.6 is 23.2 Å². The quantitative estimate of drug-likeness (QED) is 0.0782. The Morgan fingerprint density at radius 2 is 0.939 bits per heavy atom. The van der Waals surface area contributed by atoms with Gasteiger partial charge in [-0.1, -0.05) is 71.7 Å². The number of carbonyl (C=O) groups excluding carboxylic acids is 6. The van der Waals surface area contributed by atoms with Crippen molar-refractivity contribution >= 4 is 58.9 Å². The van der Waals surface area contributed by atoms with E-state index in [0.717, 1.165) is 26.4 Å². The Labute approximate surface area is 403 Å². The molecule has 2 amide bonds. The monoisotopic (exact) mass is 954 g/mol. The van der Waals surface area contributed by atoms with E-state index in [1.165, 1.54) is 52.0 Å². The van der Waals surface area contributed by atoms with Gasteiger partial charge in [0.05, 0.1) is 121 Å². The molecule has 16 nitrogen and oxygen atoms in total. The van der Waals surface area contributed by atoms with Gasteiger partial charge in [-0.3, -0.25) is 9.59 Å². The van der Waals surface area contributed by atoms with Crippen LogP contribution in [0.4, 0.5) is 0 Å². The zero-order valence-electron chi connectivity index (χ0n) is 44.6. The summed E-state index contributed by atoms with van der Waals surface area (Å²) in [6, 6.07) is 17.2. The Morgan fingerprint density at radius 3 is 1.29 bits per heavy atom. The zero-order valence-corrected chi connectivity index (χ0v) is 38.1. The second-order valence-electron chi connectivity index (χ2n) is 13.9. The molecule has 3 aromatic carbocycles. The third kappa shape index (κ3) is 11.9. The van der Waals surface area contributed by atoms with E-state index in [-0.39, 0.29) is 79.5 Å². The molecule has 0 spiro atoms. The lowest BCUT2D eigenvalue weighted by molar-refractivity contribution is -0.140. The van der Waals surface area contributed by atoms with Gasteiger partial charge in [-0.2, -0.15) is 0 Å². The molecule has 3 aromatic rings. The fourth-order valence-corrected chi connectivity index (χ4v) is 7.68. The summed E-state index contributed by atoms with van der Waals surface area (Å²) in [4.78, 5) is 81.2. The summed E-state index contributed by atoms with van der Waals surface area (Å²) in [5.74, 6) is -8.86. The molecule has 2 atom stereocenters. The van der Waals surface area contributed by atoms with Crippen molar-refractivity contribution in [2.75, 3.05) is 66.8 Å². The molecule has 0 radical (unpaired) electrons. The summed E-state index contributed by atoms with van der Waals surface area (Å²) in [7, 11) is 2.26. The van der Waals surface area contributed by atoms with Gasteiger partial charge < -0.3 is 49.7 Å². The number of esters is 4. The second-order valence-corrected chi connectivity index (χ2v) is 14.7. The molecule has 0 fully saturated rings. The number of rotatable bonds is 20. The van der Waals surface area contributed by atoms with Gasteiger partial charge in [0, 0.05) is 34.4 Å². The van der Waals surface area contributed by atoms with Gasteiger partial charge in [0.15, 0.2) is 0 Å². The largest absolute Gasteiger partial charge is 0.466 e. The van der Waals surface area contributed by atoms with Crippen molar-refractivity contribution < 1.29 is 68.2 Å². The molecule has 0 saturated carbocycles. The van der Waals surface area contributed by atoms with E-state index in [1.807, 2.05) is 10.6 Å². The van der Waals surface area contributed by atoms with Gasteiger partial charge >= 0.3 is 23.9 Å². The number of benzene rings is 3. The van der Waals surface area contributed by atoms with Crippen molar-refractivity contribution in [1.82, 2.24) is 21.3 Å². The maximum atomic E-state index is 13.8. The summed E-state index contributed by atoms with van der Waals surface area (Å²) in [5.41, 5.74) is -1.27. The lowest BCUT2D eigenvalue weighted by atomic mass is 9.80. The molecule has 2 aliphatic heterocycles. The Hall–Kier alpha value is -6.46. The van der Waals surface area contributed by atoms with Gasteiger partial charge in [-0.25, -0.2) is 19.2 Å². The molecule has 2 unspecified atom stereocenters. The smallest absolute Gasteiger partial charge is 0.336 e. The van der Waals surface area contributed by atoms with Crippen molar-refractivity contribution in [3.05, 3.63) is 150 Å². The Morgan fingerprint density at radius 1 is 0.576 bits per heavy atom. The molecule has 5 rings (SSSR count). The Kier molecular flexibility index (Phi) is 14.6. The van der Waals surface area contributed by atoms with Gasteiger partial charge in [-0.05, 0) is 63.1 Å². The number of methoxy groups -OCH3 is 2. The number of halogens is 2. The van der Waals surface area contributed by atoms with Gasteiger partial charge in [-0.15, -0.1) is 0 Å². The fraction of sp³-hybridized carbons (Fsp3) is 0.333. The van der Waals surface area contributed by atoms with Crippen LogP contribution in [-0.2, 0) is 47.6 Å². The minimum absolute atomic E-state index is 0.0377. The first-order valence-electron chi connectivity index (χ1n) is 24.1. The average molecular weight is 956 g/mol. The van der Waals surface area contributed by atoms with Crippen LogP contribution in [0.3, 0.4) is 0 Å². The summed E-state index contributed by atoms with van der Waals surface area (Å²) in [6.07, 6.45) is 0. The van der Waals surface area contributed by atoms with Crippen LogP contribution in [0.25, 0.3) is 0 Å². The van der Waals surface area contributed by atoms with Crippen molar-refractivity contribution in [3.63, 3.8) is 0 Å². The summed E-state index contributed by atoms with van der Waals surface area (Å²) in [6.45, 7) is -9.74. The molecule has 0 bridgehead atoms. The Bertz CT molecular complexity index is 2670. The Balaban J connectivity index is 1.39. The minimum atomic E-state index is -3.43. The molecular formula is C48H52Cl2N4O12. The molecule has 2 aliphatic rings. The molecule has 0 aromatic heterocycles. The summed E-state index contributed by atoms with van der Waals surface area (Å²) < 4.78 is 101. The summed E-state index contributed by atoms with van der Waals surface area (Å²) >= 11 is 13.1. The third-order valence-electron chi connectivity index (χ3n) is 9.97. The van der Waals surface area contributed by atoms with Crippen molar-refractivity contribution in [2.45, 2.75) is 39.5 Å². The highest BCUT2D eigenvalue weighted by Crippen LogP contribution is 2.43. The normalized spacial score (nSPS) is 18.6. The second kappa shape index (κ2) is 24.2. The average Bonchev–Trinajstić information content (AvgIpc) is 3.34. The number of carbonyl (C=O) groups is 6. The first-order chi connectivity index (χ1) is 34.7. The number of amides is 2. The minimum Gasteiger partial charge on any atom is -0.466 e. The first kappa shape index (κ1) is 39.9. The zero-order chi connectivity index (χ0) is 55.1. The van der Waals surface area contributed by atoms with Gasteiger partial charge in [0.2, 0.25) is 0 Å². The van der Waals surface area contributed by atoms with Crippen LogP contribution in [0.2, 0.25) is 10.0 Å². The first-order valence-corrected chi connectivity index (χ1v) is 20.9. The summed E-state index contributed by atoms with van der Waals surface area (Å²) in [5, 5.41) is 9.68. The SMILES string of the molecule is [2H]C([2H])(NC(=O)c1ccccc1C(=O)NC([2H])([2H])C([2H])([2H])OCC1=C(C(=O)OCC)C(c2ccccc2Cl)C(C(=O)OC)=C(C)N1)C([2H])([2H])OCC1=C(C(=O)OCC)C(c2ccccc2Cl)C(C(=O)OC)=C(C)N1. The maximum Gasteiger partial charge on any atom is 0.336 e. The number of ether oxygens (including phenoxy) is 6. The third-order valence-corrected chi connectivity index (χ3v) is 10.7. The molecule has 66 heavy (non-hydrogen) atoms. The molecule has 350 valence electrons. The van der Waals surface area contributed by atoms with Gasteiger partial charge in [0.1, 0.15) is 0 Å². The van der Waals surface area contributed by atoms with Crippen LogP contribution in [0, 0.1) is 0 Å². The van der Waals surface area contributed by atoms with E-state index in [2.05, 4.69) is 10.6 Å². The van der Waals surface area contributed by atoms with Crippen molar-refractivity contribution in [3.8, 4) is 0 Å². The van der Waals surface area contributed by atoms with Crippen LogP contribution in [-0.4, -0.2) is 102 Å². The van der Waals surface area contributed by atoms with E-state index in [4.69, 9.17) is 62.6 Å². The van der Waals surface area contributed by atoms with Crippen LogP contribution in [0.15, 0.2) is 118 Å². The highest BCUT2D eigenvalue weighted by molar-refractivity contribution is 6.32. The molecule has 0 saturated heterocycles. The number of hydrogen-bond donors (Lipinski definition) is 4. The van der Waals surface area contributed by atoms with E-state index >= 15 is 0 Å². The van der Waals surface area contributed by atoms with Crippen molar-refractivity contribution in [1.29, 1.82) is 0 Å². The van der Waals surface area contributed by atoms with Crippen LogP contribution < -0.4 is 21.3 Å². The molecule has 18 heteroatoms. The van der Waals surface area contributed by atoms with E-state index in [0.29, 0.717) is 0 Å². The maximum absolute atomic E-state index is 13.8. The number of allylic oxidation sites excluding steroid dienone is 2. The molecule has 4 N–H and O–H groups in total. The number of dihydropyridines is 2. The van der Waals surface area contributed by atoms with E-state index in [9.17, 15) is 28.8 Å². The molecular weight excluding hydrogens is 895 g/mol. The molecule has 0 aliphatic carbocycles. The molecule has 2 heterocycles. The predicted octanol–water partition coefficient (Wildman–Crippen LogP) is 5.79. The van der Waals surface area contributed by atoms with Crippen LogP contribution in [0.5, 0.6) is 0 Å². The highest BCUT2D eigenvalue weighted by Gasteiger charge is 2.41. The highest BCUT2D eigenvalue weighted by atomic mass is 35.5. The lowest BCUT2D eigenvalue weighted by Crippen LogP contribution is -2.36.